The Hall–Kier alpha value is -2.92. The second-order valence-electron chi connectivity index (χ2n) is 7.25. The van der Waals surface area contributed by atoms with Crippen molar-refractivity contribution in [1.29, 1.82) is 0 Å². The fourth-order valence-corrected chi connectivity index (χ4v) is 4.48. The number of nitrogens with one attached hydrogen (secondary N) is 1. The second kappa shape index (κ2) is 6.60. The summed E-state index contributed by atoms with van der Waals surface area (Å²) in [6, 6.07) is 11.6. The van der Waals surface area contributed by atoms with Gasteiger partial charge in [-0.05, 0) is 49.6 Å². The average Bonchev–Trinajstić information content (AvgIpc) is 3.04. The Morgan fingerprint density at radius 2 is 2.11 bits per heavy atom. The summed E-state index contributed by atoms with van der Waals surface area (Å²) in [5.74, 6) is 0.964. The fraction of sp³-hybridized carbons (Fsp3) is 0.227. The Labute approximate surface area is 168 Å². The van der Waals surface area contributed by atoms with Crippen LogP contribution in [0.15, 0.2) is 60.1 Å². The molecule has 3 aromatic rings. The standard InChI is InChI=1S/C22H19ClN4O/c1-13-19-20(14-5-4-10-24-12-14)21-17(8-3-9-18(21)28)25-22(19)27(26-13)16-7-2-6-15(23)11-16/h2,4-7,10-12,20,25H,3,8-9H2,1H3/t20-/m1/s1. The molecule has 1 N–H and O–H groups in total. The van der Waals surface area contributed by atoms with Crippen LogP contribution in [0, 0.1) is 6.92 Å². The van der Waals surface area contributed by atoms with E-state index in [1.807, 2.05) is 54.2 Å². The number of hydrogen-bond acceptors (Lipinski definition) is 4. The van der Waals surface area contributed by atoms with Gasteiger partial charge in [-0.15, -0.1) is 0 Å². The van der Waals surface area contributed by atoms with E-state index >= 15 is 0 Å². The number of Topliss-reactive ketones (excluding diaryl/α,β-unsaturated/α-hetero) is 1. The first-order valence-electron chi connectivity index (χ1n) is 9.42. The van der Waals surface area contributed by atoms with E-state index in [0.29, 0.717) is 11.4 Å². The van der Waals surface area contributed by atoms with Crippen LogP contribution in [0.4, 0.5) is 5.82 Å². The van der Waals surface area contributed by atoms with Crippen LogP contribution < -0.4 is 5.32 Å². The number of aromatic nitrogens is 3. The molecule has 1 aromatic carbocycles. The van der Waals surface area contributed by atoms with E-state index in [2.05, 4.69) is 10.3 Å². The van der Waals surface area contributed by atoms with E-state index in [4.69, 9.17) is 16.7 Å². The highest BCUT2D eigenvalue weighted by Crippen LogP contribution is 2.47. The zero-order valence-corrected chi connectivity index (χ0v) is 16.2. The molecule has 3 heterocycles. The molecule has 0 unspecified atom stereocenters. The van der Waals surface area contributed by atoms with E-state index in [0.717, 1.165) is 52.4 Å². The number of carbonyl (C=O) groups is 1. The molecule has 1 aliphatic carbocycles. The number of ketones is 1. The molecule has 0 radical (unpaired) electrons. The van der Waals surface area contributed by atoms with Crippen LogP contribution in [0.1, 0.15) is 42.0 Å². The van der Waals surface area contributed by atoms with Gasteiger partial charge in [0.2, 0.25) is 0 Å². The molecule has 0 amide bonds. The average molecular weight is 391 g/mol. The number of halogens is 1. The summed E-state index contributed by atoms with van der Waals surface area (Å²) in [6.45, 7) is 1.99. The largest absolute Gasteiger partial charge is 0.343 e. The quantitative estimate of drug-likeness (QED) is 0.683. The molecule has 1 aliphatic heterocycles. The van der Waals surface area contributed by atoms with Gasteiger partial charge in [0, 0.05) is 46.6 Å². The number of hydrogen-bond donors (Lipinski definition) is 1. The third-order valence-corrected chi connectivity index (χ3v) is 5.72. The predicted molar refractivity (Wildman–Crippen MR) is 109 cm³/mol. The van der Waals surface area contributed by atoms with Crippen molar-refractivity contribution in [3.05, 3.63) is 81.9 Å². The third-order valence-electron chi connectivity index (χ3n) is 5.48. The van der Waals surface area contributed by atoms with Gasteiger partial charge in [0.25, 0.3) is 0 Å². The van der Waals surface area contributed by atoms with Crippen molar-refractivity contribution in [3.63, 3.8) is 0 Å². The Kier molecular flexibility index (Phi) is 4.05. The highest BCUT2D eigenvalue weighted by molar-refractivity contribution is 6.30. The maximum absolute atomic E-state index is 12.9. The maximum Gasteiger partial charge on any atom is 0.161 e. The van der Waals surface area contributed by atoms with Crippen molar-refractivity contribution in [3.8, 4) is 5.69 Å². The molecule has 0 spiro atoms. The Bertz CT molecular complexity index is 1120. The third kappa shape index (κ3) is 2.66. The van der Waals surface area contributed by atoms with E-state index in [-0.39, 0.29) is 11.7 Å². The maximum atomic E-state index is 12.9. The van der Waals surface area contributed by atoms with Crippen LogP contribution in [0.25, 0.3) is 5.69 Å². The first-order valence-corrected chi connectivity index (χ1v) is 9.80. The molecule has 0 saturated carbocycles. The number of benzene rings is 1. The van der Waals surface area contributed by atoms with Crippen molar-refractivity contribution in [1.82, 2.24) is 14.8 Å². The number of carbonyl (C=O) groups excluding carboxylic acids is 1. The Morgan fingerprint density at radius 1 is 1.21 bits per heavy atom. The molecule has 0 fully saturated rings. The minimum Gasteiger partial charge on any atom is -0.343 e. The Balaban J connectivity index is 1.76. The zero-order chi connectivity index (χ0) is 19.3. The molecule has 140 valence electrons. The first kappa shape index (κ1) is 17.2. The molecule has 6 heteroatoms. The summed E-state index contributed by atoms with van der Waals surface area (Å²) >= 11 is 6.22. The number of fused-ring (bicyclic) bond motifs is 1. The van der Waals surface area contributed by atoms with Crippen LogP contribution in [-0.2, 0) is 4.79 Å². The fourth-order valence-electron chi connectivity index (χ4n) is 4.30. The first-order chi connectivity index (χ1) is 13.6. The van der Waals surface area contributed by atoms with Crippen LogP contribution in [0.2, 0.25) is 5.02 Å². The number of anilines is 1. The van der Waals surface area contributed by atoms with Crippen LogP contribution in [-0.4, -0.2) is 20.5 Å². The molecule has 1 atom stereocenters. The summed E-state index contributed by atoms with van der Waals surface area (Å²) in [4.78, 5) is 17.2. The smallest absolute Gasteiger partial charge is 0.161 e. The predicted octanol–water partition coefficient (Wildman–Crippen LogP) is 4.79. The van der Waals surface area contributed by atoms with Gasteiger partial charge in [-0.3, -0.25) is 9.78 Å². The SMILES string of the molecule is Cc1nn(-c2cccc(Cl)c2)c2c1[C@@H](c1cccnc1)C1=C(CCCC1=O)N2. The van der Waals surface area contributed by atoms with E-state index in [9.17, 15) is 4.79 Å². The van der Waals surface area contributed by atoms with Crippen LogP contribution >= 0.6 is 11.6 Å². The number of rotatable bonds is 2. The summed E-state index contributed by atoms with van der Waals surface area (Å²) in [5.41, 5.74) is 5.69. The molecule has 28 heavy (non-hydrogen) atoms. The van der Waals surface area contributed by atoms with E-state index in [1.165, 1.54) is 0 Å². The van der Waals surface area contributed by atoms with Crippen molar-refractivity contribution in [2.24, 2.45) is 0 Å². The van der Waals surface area contributed by atoms with Gasteiger partial charge in [0.15, 0.2) is 5.78 Å². The highest BCUT2D eigenvalue weighted by atomic mass is 35.5. The lowest BCUT2D eigenvalue weighted by Crippen LogP contribution is -2.27. The summed E-state index contributed by atoms with van der Waals surface area (Å²) in [6.07, 6.45) is 5.92. The molecular weight excluding hydrogens is 372 g/mol. The second-order valence-corrected chi connectivity index (χ2v) is 7.69. The van der Waals surface area contributed by atoms with Crippen LogP contribution in [0.3, 0.4) is 0 Å². The lowest BCUT2D eigenvalue weighted by molar-refractivity contribution is -0.116. The lowest BCUT2D eigenvalue weighted by atomic mass is 9.76. The minimum atomic E-state index is -0.152. The lowest BCUT2D eigenvalue weighted by Gasteiger charge is -2.32. The van der Waals surface area contributed by atoms with Gasteiger partial charge in [-0.1, -0.05) is 23.7 Å². The summed E-state index contributed by atoms with van der Waals surface area (Å²) in [7, 11) is 0. The van der Waals surface area contributed by atoms with Gasteiger partial charge in [0.1, 0.15) is 5.82 Å². The van der Waals surface area contributed by atoms with E-state index in [1.54, 1.807) is 6.20 Å². The number of pyridine rings is 1. The van der Waals surface area contributed by atoms with Crippen molar-refractivity contribution in [2.75, 3.05) is 5.32 Å². The number of nitrogens with zero attached hydrogens (tertiary/aromatic N) is 3. The van der Waals surface area contributed by atoms with Gasteiger partial charge in [-0.2, -0.15) is 5.10 Å². The van der Waals surface area contributed by atoms with Gasteiger partial charge < -0.3 is 5.32 Å². The number of allylic oxidation sites excluding steroid dienone is 2. The van der Waals surface area contributed by atoms with Crippen molar-refractivity contribution < 1.29 is 4.79 Å². The van der Waals surface area contributed by atoms with Gasteiger partial charge >= 0.3 is 0 Å². The summed E-state index contributed by atoms with van der Waals surface area (Å²) in [5, 5.41) is 8.99. The monoisotopic (exact) mass is 390 g/mol. The topological polar surface area (TPSA) is 59.8 Å². The molecule has 0 saturated heterocycles. The van der Waals surface area contributed by atoms with Crippen molar-refractivity contribution in [2.45, 2.75) is 32.1 Å². The molecular formula is C22H19ClN4O. The number of aryl methyl sites for hydroxylation is 1. The highest BCUT2D eigenvalue weighted by Gasteiger charge is 2.38. The molecule has 2 aliphatic rings. The minimum absolute atomic E-state index is 0.152. The molecule has 5 rings (SSSR count). The summed E-state index contributed by atoms with van der Waals surface area (Å²) < 4.78 is 1.89. The zero-order valence-electron chi connectivity index (χ0n) is 15.4. The molecule has 5 nitrogen and oxygen atoms in total. The van der Waals surface area contributed by atoms with E-state index < -0.39 is 0 Å². The van der Waals surface area contributed by atoms with Gasteiger partial charge in [0.05, 0.1) is 11.4 Å². The molecule has 2 aromatic heterocycles. The van der Waals surface area contributed by atoms with Crippen molar-refractivity contribution >= 4 is 23.2 Å². The van der Waals surface area contributed by atoms with Crippen LogP contribution in [0.5, 0.6) is 0 Å². The molecule has 0 bridgehead atoms. The van der Waals surface area contributed by atoms with Gasteiger partial charge in [-0.25, -0.2) is 4.68 Å². The Morgan fingerprint density at radius 3 is 2.89 bits per heavy atom. The normalized spacial score (nSPS) is 18.5.